The standard InChI is InChI=1S/C13H19NO3/c1-9(2)17-13(16)14(4)10(3)11-7-5-6-8-12(11)15/h5-10,15H,1-4H3. The summed E-state index contributed by atoms with van der Waals surface area (Å²) in [5, 5.41) is 9.71. The van der Waals surface area contributed by atoms with Gasteiger partial charge < -0.3 is 14.7 Å². The van der Waals surface area contributed by atoms with E-state index in [1.807, 2.05) is 13.0 Å². The van der Waals surface area contributed by atoms with Crippen molar-refractivity contribution < 1.29 is 14.6 Å². The number of nitrogens with zero attached hydrogens (tertiary/aromatic N) is 1. The molecule has 1 aromatic carbocycles. The van der Waals surface area contributed by atoms with Crippen LogP contribution in [-0.2, 0) is 4.74 Å². The summed E-state index contributed by atoms with van der Waals surface area (Å²) < 4.78 is 5.10. The molecule has 94 valence electrons. The van der Waals surface area contributed by atoms with Crippen LogP contribution in [0.5, 0.6) is 5.75 Å². The van der Waals surface area contributed by atoms with Crippen molar-refractivity contribution in [1.29, 1.82) is 0 Å². The van der Waals surface area contributed by atoms with E-state index < -0.39 is 6.09 Å². The van der Waals surface area contributed by atoms with E-state index in [-0.39, 0.29) is 17.9 Å². The first-order valence-corrected chi connectivity index (χ1v) is 5.64. The first-order valence-electron chi connectivity index (χ1n) is 5.64. The van der Waals surface area contributed by atoms with Gasteiger partial charge in [-0.05, 0) is 26.8 Å². The van der Waals surface area contributed by atoms with Gasteiger partial charge in [0.1, 0.15) is 5.75 Å². The average Bonchev–Trinajstić information content (AvgIpc) is 2.27. The summed E-state index contributed by atoms with van der Waals surface area (Å²) in [6.07, 6.45) is -0.544. The number of para-hydroxylation sites is 1. The number of phenols is 1. The third kappa shape index (κ3) is 3.37. The first kappa shape index (κ1) is 13.4. The molecular weight excluding hydrogens is 218 g/mol. The normalized spacial score (nSPS) is 12.3. The fourth-order valence-electron chi connectivity index (χ4n) is 1.49. The van der Waals surface area contributed by atoms with Crippen LogP contribution < -0.4 is 0 Å². The van der Waals surface area contributed by atoms with E-state index in [1.54, 1.807) is 39.1 Å². The van der Waals surface area contributed by atoms with Crippen molar-refractivity contribution in [2.24, 2.45) is 0 Å². The molecule has 0 radical (unpaired) electrons. The van der Waals surface area contributed by atoms with Crippen molar-refractivity contribution in [1.82, 2.24) is 4.90 Å². The van der Waals surface area contributed by atoms with Crippen LogP contribution in [-0.4, -0.2) is 29.3 Å². The Morgan fingerprint density at radius 1 is 1.29 bits per heavy atom. The number of amides is 1. The molecule has 0 spiro atoms. The minimum Gasteiger partial charge on any atom is -0.508 e. The topological polar surface area (TPSA) is 49.8 Å². The first-order chi connectivity index (χ1) is 7.93. The van der Waals surface area contributed by atoms with E-state index >= 15 is 0 Å². The highest BCUT2D eigenvalue weighted by Gasteiger charge is 2.21. The summed E-state index contributed by atoms with van der Waals surface area (Å²) in [7, 11) is 1.65. The fraction of sp³-hybridized carbons (Fsp3) is 0.462. The van der Waals surface area contributed by atoms with Crippen LogP contribution in [0.25, 0.3) is 0 Å². The van der Waals surface area contributed by atoms with Crippen LogP contribution in [0.1, 0.15) is 32.4 Å². The summed E-state index contributed by atoms with van der Waals surface area (Å²) >= 11 is 0. The Hall–Kier alpha value is -1.71. The molecule has 1 atom stereocenters. The minimum absolute atomic E-state index is 0.151. The summed E-state index contributed by atoms with van der Waals surface area (Å²) in [5.41, 5.74) is 0.704. The Kier molecular flexibility index (Phi) is 4.37. The Labute approximate surface area is 102 Å². The Bertz CT molecular complexity index is 390. The van der Waals surface area contributed by atoms with E-state index in [0.717, 1.165) is 0 Å². The van der Waals surface area contributed by atoms with Crippen LogP contribution in [0.15, 0.2) is 24.3 Å². The number of carbonyl (C=O) groups is 1. The number of hydrogen-bond donors (Lipinski definition) is 1. The molecule has 1 rings (SSSR count). The molecule has 0 aromatic heterocycles. The molecule has 1 amide bonds. The Balaban J connectivity index is 2.80. The minimum atomic E-state index is -0.393. The zero-order chi connectivity index (χ0) is 13.0. The highest BCUT2D eigenvalue weighted by atomic mass is 16.6. The third-order valence-corrected chi connectivity index (χ3v) is 2.59. The molecule has 0 saturated heterocycles. The smallest absolute Gasteiger partial charge is 0.410 e. The maximum atomic E-state index is 11.7. The van der Waals surface area contributed by atoms with Gasteiger partial charge in [-0.2, -0.15) is 0 Å². The SMILES string of the molecule is CC(C)OC(=O)N(C)C(C)c1ccccc1O. The van der Waals surface area contributed by atoms with Gasteiger partial charge in [0.15, 0.2) is 0 Å². The second kappa shape index (κ2) is 5.57. The van der Waals surface area contributed by atoms with Gasteiger partial charge in [-0.25, -0.2) is 4.79 Å². The van der Waals surface area contributed by atoms with Crippen molar-refractivity contribution in [2.45, 2.75) is 32.9 Å². The van der Waals surface area contributed by atoms with Crippen LogP contribution in [0.3, 0.4) is 0 Å². The number of ether oxygens (including phenoxy) is 1. The highest BCUT2D eigenvalue weighted by Crippen LogP contribution is 2.27. The maximum absolute atomic E-state index is 11.7. The van der Waals surface area contributed by atoms with Crippen LogP contribution in [0, 0.1) is 0 Å². The van der Waals surface area contributed by atoms with Crippen molar-refractivity contribution >= 4 is 6.09 Å². The molecule has 0 saturated carbocycles. The summed E-state index contributed by atoms with van der Waals surface area (Å²) in [6.45, 7) is 5.45. The molecular formula is C13H19NO3. The second-order valence-electron chi connectivity index (χ2n) is 4.28. The van der Waals surface area contributed by atoms with Crippen molar-refractivity contribution in [2.75, 3.05) is 7.05 Å². The predicted octanol–water partition coefficient (Wildman–Crippen LogP) is 2.93. The zero-order valence-electron chi connectivity index (χ0n) is 10.7. The van der Waals surface area contributed by atoms with Crippen LogP contribution >= 0.6 is 0 Å². The van der Waals surface area contributed by atoms with Gasteiger partial charge in [-0.1, -0.05) is 18.2 Å². The molecule has 0 aliphatic heterocycles. The number of aromatic hydroxyl groups is 1. The lowest BCUT2D eigenvalue weighted by Crippen LogP contribution is -2.31. The van der Waals surface area contributed by atoms with E-state index in [2.05, 4.69) is 0 Å². The fourth-order valence-corrected chi connectivity index (χ4v) is 1.49. The van der Waals surface area contributed by atoms with Gasteiger partial charge in [0, 0.05) is 12.6 Å². The maximum Gasteiger partial charge on any atom is 0.410 e. The average molecular weight is 237 g/mol. The molecule has 1 N–H and O–H groups in total. The zero-order valence-corrected chi connectivity index (χ0v) is 10.7. The molecule has 17 heavy (non-hydrogen) atoms. The number of rotatable bonds is 3. The molecule has 1 aromatic rings. The van der Waals surface area contributed by atoms with E-state index in [4.69, 9.17) is 4.74 Å². The monoisotopic (exact) mass is 237 g/mol. The molecule has 4 nitrogen and oxygen atoms in total. The van der Waals surface area contributed by atoms with Crippen molar-refractivity contribution in [3.63, 3.8) is 0 Å². The molecule has 4 heteroatoms. The summed E-state index contributed by atoms with van der Waals surface area (Å²) in [6, 6.07) is 6.74. The number of benzene rings is 1. The molecule has 1 unspecified atom stereocenters. The third-order valence-electron chi connectivity index (χ3n) is 2.59. The van der Waals surface area contributed by atoms with E-state index in [9.17, 15) is 9.90 Å². The molecule has 0 aliphatic carbocycles. The molecule has 0 fully saturated rings. The Morgan fingerprint density at radius 3 is 2.41 bits per heavy atom. The van der Waals surface area contributed by atoms with Gasteiger partial charge in [0.2, 0.25) is 0 Å². The second-order valence-corrected chi connectivity index (χ2v) is 4.28. The van der Waals surface area contributed by atoms with Gasteiger partial charge in [-0.3, -0.25) is 0 Å². The number of hydrogen-bond acceptors (Lipinski definition) is 3. The van der Waals surface area contributed by atoms with Crippen molar-refractivity contribution in [3.05, 3.63) is 29.8 Å². The number of phenolic OH excluding ortho intramolecular Hbond substituents is 1. The van der Waals surface area contributed by atoms with Crippen LogP contribution in [0.4, 0.5) is 4.79 Å². The summed E-state index contributed by atoms with van der Waals surface area (Å²) in [4.78, 5) is 13.2. The van der Waals surface area contributed by atoms with Gasteiger partial charge in [-0.15, -0.1) is 0 Å². The van der Waals surface area contributed by atoms with Gasteiger partial charge in [0.05, 0.1) is 12.1 Å². The lowest BCUT2D eigenvalue weighted by Gasteiger charge is -2.26. The van der Waals surface area contributed by atoms with Crippen LogP contribution in [0.2, 0.25) is 0 Å². The summed E-state index contributed by atoms with van der Waals surface area (Å²) in [5.74, 6) is 0.184. The van der Waals surface area contributed by atoms with E-state index in [1.165, 1.54) is 4.90 Å². The molecule has 0 heterocycles. The predicted molar refractivity (Wildman–Crippen MR) is 65.9 cm³/mol. The van der Waals surface area contributed by atoms with Gasteiger partial charge in [0.25, 0.3) is 0 Å². The number of carbonyl (C=O) groups excluding carboxylic acids is 1. The van der Waals surface area contributed by atoms with Gasteiger partial charge >= 0.3 is 6.09 Å². The quantitative estimate of drug-likeness (QED) is 0.879. The van der Waals surface area contributed by atoms with Crippen molar-refractivity contribution in [3.8, 4) is 5.75 Å². The largest absolute Gasteiger partial charge is 0.508 e. The Morgan fingerprint density at radius 2 is 1.88 bits per heavy atom. The molecule has 0 aliphatic rings. The van der Waals surface area contributed by atoms with E-state index in [0.29, 0.717) is 5.56 Å². The lowest BCUT2D eigenvalue weighted by atomic mass is 10.1. The lowest BCUT2D eigenvalue weighted by molar-refractivity contribution is 0.0741. The highest BCUT2D eigenvalue weighted by molar-refractivity contribution is 5.68. The molecule has 0 bridgehead atoms.